The lowest BCUT2D eigenvalue weighted by atomic mass is 10.0. The van der Waals surface area contributed by atoms with E-state index < -0.39 is 0 Å². The number of anilines is 2. The Balaban J connectivity index is 1.64. The van der Waals surface area contributed by atoms with Crippen LogP contribution in [0, 0.1) is 0 Å². The summed E-state index contributed by atoms with van der Waals surface area (Å²) < 4.78 is 7.16. The van der Waals surface area contributed by atoms with E-state index in [1.54, 1.807) is 37.8 Å². The number of aromatic nitrogens is 4. The number of likely N-dealkylation sites (N-methyl/N-ethyl adjacent to an activating group) is 1. The number of amides is 1. The van der Waals surface area contributed by atoms with Gasteiger partial charge >= 0.3 is 0 Å². The zero-order chi connectivity index (χ0) is 22.2. The third-order valence-electron chi connectivity index (χ3n) is 4.69. The number of benzene rings is 1. The van der Waals surface area contributed by atoms with E-state index in [1.165, 1.54) is 7.11 Å². The van der Waals surface area contributed by atoms with Crippen molar-refractivity contribution in [3.8, 4) is 5.75 Å². The number of halogens is 1. The quantitative estimate of drug-likeness (QED) is 0.442. The monoisotopic (exact) mass is 443 g/mol. The molecule has 31 heavy (non-hydrogen) atoms. The Labute approximate surface area is 186 Å². The minimum atomic E-state index is -0.191. The fourth-order valence-electron chi connectivity index (χ4n) is 2.99. The van der Waals surface area contributed by atoms with Crippen molar-refractivity contribution < 1.29 is 9.53 Å². The molecule has 3 N–H and O–H groups in total. The highest BCUT2D eigenvalue weighted by Gasteiger charge is 2.14. The standard InChI is InChI=1S/C21H26ClN7O2/c1-23-6-7-29-13-17(12-27-29)28-21-25-10-14(11-26-21)4-5-15-8-16(20(30)24-2)9-18(31-3)19(15)22/h8-13,23H,4-7H2,1-3H3,(H,24,30)(H,25,26,28). The van der Waals surface area contributed by atoms with Crippen molar-refractivity contribution in [1.82, 2.24) is 30.4 Å². The van der Waals surface area contributed by atoms with Gasteiger partial charge in [0.25, 0.3) is 5.91 Å². The maximum atomic E-state index is 12.0. The highest BCUT2D eigenvalue weighted by Crippen LogP contribution is 2.31. The second-order valence-electron chi connectivity index (χ2n) is 6.87. The maximum Gasteiger partial charge on any atom is 0.251 e. The SMILES string of the molecule is CNCCn1cc(Nc2ncc(CCc3cc(C(=O)NC)cc(OC)c3Cl)cn2)cn1. The third-order valence-corrected chi connectivity index (χ3v) is 5.12. The Bertz CT molecular complexity index is 1020. The number of carbonyl (C=O) groups excluding carboxylic acids is 1. The topological polar surface area (TPSA) is 106 Å². The van der Waals surface area contributed by atoms with Gasteiger partial charge in [-0.3, -0.25) is 9.48 Å². The third kappa shape index (κ3) is 5.93. The maximum absolute atomic E-state index is 12.0. The second-order valence-corrected chi connectivity index (χ2v) is 7.24. The van der Waals surface area contributed by atoms with Crippen molar-refractivity contribution >= 4 is 29.1 Å². The minimum Gasteiger partial charge on any atom is -0.495 e. The van der Waals surface area contributed by atoms with Crippen LogP contribution >= 0.6 is 11.6 Å². The van der Waals surface area contributed by atoms with Crippen LogP contribution in [0.25, 0.3) is 0 Å². The summed E-state index contributed by atoms with van der Waals surface area (Å²) in [5.41, 5.74) is 3.12. The lowest BCUT2D eigenvalue weighted by Gasteiger charge is -2.12. The predicted molar refractivity (Wildman–Crippen MR) is 120 cm³/mol. The normalized spacial score (nSPS) is 10.7. The van der Waals surface area contributed by atoms with E-state index in [4.69, 9.17) is 16.3 Å². The number of nitrogens with zero attached hydrogens (tertiary/aromatic N) is 4. The summed E-state index contributed by atoms with van der Waals surface area (Å²) in [4.78, 5) is 20.8. The van der Waals surface area contributed by atoms with Crippen molar-refractivity contribution in [2.24, 2.45) is 0 Å². The van der Waals surface area contributed by atoms with E-state index in [2.05, 4.69) is 31.0 Å². The molecule has 0 bridgehead atoms. The number of ether oxygens (including phenoxy) is 1. The van der Waals surface area contributed by atoms with Crippen molar-refractivity contribution in [1.29, 1.82) is 0 Å². The number of rotatable bonds is 10. The Morgan fingerprint density at radius 2 is 1.94 bits per heavy atom. The van der Waals surface area contributed by atoms with Crippen LogP contribution in [0.2, 0.25) is 5.02 Å². The van der Waals surface area contributed by atoms with Crippen LogP contribution in [-0.4, -0.2) is 53.4 Å². The van der Waals surface area contributed by atoms with Crippen LogP contribution < -0.4 is 20.7 Å². The number of methoxy groups -OCH3 is 1. The van der Waals surface area contributed by atoms with Crippen LogP contribution in [0.3, 0.4) is 0 Å². The first kappa shape index (κ1) is 22.5. The summed E-state index contributed by atoms with van der Waals surface area (Å²) in [6.07, 6.45) is 8.48. The Kier molecular flexibility index (Phi) is 7.80. The van der Waals surface area contributed by atoms with Gasteiger partial charge in [0.05, 0.1) is 30.6 Å². The molecule has 3 aromatic rings. The zero-order valence-electron chi connectivity index (χ0n) is 17.8. The van der Waals surface area contributed by atoms with Gasteiger partial charge in [0.1, 0.15) is 5.75 Å². The Morgan fingerprint density at radius 1 is 1.16 bits per heavy atom. The number of aryl methyl sites for hydroxylation is 2. The van der Waals surface area contributed by atoms with Gasteiger partial charge < -0.3 is 20.7 Å². The zero-order valence-corrected chi connectivity index (χ0v) is 18.5. The predicted octanol–water partition coefficient (Wildman–Crippen LogP) is 2.44. The number of nitrogens with one attached hydrogen (secondary N) is 3. The van der Waals surface area contributed by atoms with Crippen molar-refractivity contribution in [3.05, 3.63) is 58.6 Å². The molecule has 10 heteroatoms. The van der Waals surface area contributed by atoms with Crippen LogP contribution in [0.15, 0.2) is 36.9 Å². The van der Waals surface area contributed by atoms with Gasteiger partial charge in [-0.05, 0) is 43.1 Å². The first-order valence-electron chi connectivity index (χ1n) is 9.87. The molecule has 0 saturated carbocycles. The van der Waals surface area contributed by atoms with Gasteiger partial charge in [0, 0.05) is 37.7 Å². The average molecular weight is 444 g/mol. The molecule has 2 heterocycles. The molecule has 164 valence electrons. The number of hydrogen-bond acceptors (Lipinski definition) is 7. The minimum absolute atomic E-state index is 0.191. The van der Waals surface area contributed by atoms with Crippen LogP contribution in [-0.2, 0) is 19.4 Å². The molecular weight excluding hydrogens is 418 g/mol. The molecular formula is C21H26ClN7O2. The van der Waals surface area contributed by atoms with E-state index >= 15 is 0 Å². The number of carbonyl (C=O) groups is 1. The first-order valence-corrected chi connectivity index (χ1v) is 10.2. The highest BCUT2D eigenvalue weighted by molar-refractivity contribution is 6.33. The van der Waals surface area contributed by atoms with Crippen molar-refractivity contribution in [2.45, 2.75) is 19.4 Å². The lowest BCUT2D eigenvalue weighted by molar-refractivity contribution is 0.0962. The largest absolute Gasteiger partial charge is 0.495 e. The molecule has 0 radical (unpaired) electrons. The summed E-state index contributed by atoms with van der Waals surface area (Å²) in [6.45, 7) is 1.63. The molecule has 0 spiro atoms. The molecule has 9 nitrogen and oxygen atoms in total. The summed E-state index contributed by atoms with van der Waals surface area (Å²) in [5, 5.41) is 13.6. The lowest BCUT2D eigenvalue weighted by Crippen LogP contribution is -2.18. The van der Waals surface area contributed by atoms with E-state index in [0.29, 0.717) is 35.1 Å². The van der Waals surface area contributed by atoms with Gasteiger partial charge in [-0.1, -0.05) is 11.6 Å². The Hall–Kier alpha value is -3.17. The van der Waals surface area contributed by atoms with Crippen LogP contribution in [0.4, 0.5) is 11.6 Å². The summed E-state index contributed by atoms with van der Waals surface area (Å²) in [7, 11) is 5.02. The fraction of sp³-hybridized carbons (Fsp3) is 0.333. The molecule has 1 amide bonds. The molecule has 0 atom stereocenters. The van der Waals surface area contributed by atoms with E-state index in [-0.39, 0.29) is 5.91 Å². The van der Waals surface area contributed by atoms with Gasteiger partial charge in [-0.2, -0.15) is 5.10 Å². The molecule has 0 fully saturated rings. The van der Waals surface area contributed by atoms with Crippen LogP contribution in [0.5, 0.6) is 5.75 Å². The molecule has 1 aromatic carbocycles. The second kappa shape index (κ2) is 10.7. The van der Waals surface area contributed by atoms with Gasteiger partial charge in [-0.25, -0.2) is 9.97 Å². The molecule has 0 saturated heterocycles. The Morgan fingerprint density at radius 3 is 2.61 bits per heavy atom. The van der Waals surface area contributed by atoms with Gasteiger partial charge in [0.2, 0.25) is 5.95 Å². The highest BCUT2D eigenvalue weighted by atomic mass is 35.5. The van der Waals surface area contributed by atoms with E-state index in [9.17, 15) is 4.79 Å². The van der Waals surface area contributed by atoms with Crippen LogP contribution in [0.1, 0.15) is 21.5 Å². The summed E-state index contributed by atoms with van der Waals surface area (Å²) in [6, 6.07) is 3.42. The van der Waals surface area contributed by atoms with E-state index in [0.717, 1.165) is 29.9 Å². The smallest absolute Gasteiger partial charge is 0.251 e. The van der Waals surface area contributed by atoms with Crippen molar-refractivity contribution in [2.75, 3.05) is 33.1 Å². The molecule has 3 rings (SSSR count). The molecule has 0 aliphatic rings. The average Bonchev–Trinajstić information content (AvgIpc) is 3.24. The molecule has 0 aliphatic heterocycles. The van der Waals surface area contributed by atoms with E-state index in [1.807, 2.05) is 17.9 Å². The fourth-order valence-corrected chi connectivity index (χ4v) is 3.28. The van der Waals surface area contributed by atoms with Crippen molar-refractivity contribution in [3.63, 3.8) is 0 Å². The molecule has 0 unspecified atom stereocenters. The summed E-state index contributed by atoms with van der Waals surface area (Å²) in [5.74, 6) is 0.784. The summed E-state index contributed by atoms with van der Waals surface area (Å²) >= 11 is 6.43. The van der Waals surface area contributed by atoms with Gasteiger partial charge in [0.15, 0.2) is 0 Å². The first-order chi connectivity index (χ1) is 15.0. The number of hydrogen-bond donors (Lipinski definition) is 3. The molecule has 0 aliphatic carbocycles. The molecule has 2 aromatic heterocycles. The van der Waals surface area contributed by atoms with Gasteiger partial charge in [-0.15, -0.1) is 0 Å².